The van der Waals surface area contributed by atoms with Crippen molar-refractivity contribution in [3.05, 3.63) is 29.6 Å². The minimum Gasteiger partial charge on any atom is -0.490 e. The highest BCUT2D eigenvalue weighted by atomic mass is 127. The number of urea groups is 1. The lowest BCUT2D eigenvalue weighted by molar-refractivity contribution is 0.0578. The summed E-state index contributed by atoms with van der Waals surface area (Å²) in [5, 5.41) is 2.56. The van der Waals surface area contributed by atoms with Crippen LogP contribution in [-0.4, -0.2) is 89.6 Å². The predicted octanol–water partition coefficient (Wildman–Crippen LogP) is 3.80. The van der Waals surface area contributed by atoms with E-state index >= 15 is 0 Å². The van der Waals surface area contributed by atoms with E-state index in [1.54, 1.807) is 47.0 Å². The molecule has 11 nitrogen and oxygen atoms in total. The zero-order valence-corrected chi connectivity index (χ0v) is 23.3. The van der Waals surface area contributed by atoms with Crippen LogP contribution in [0.1, 0.15) is 32.8 Å². The van der Waals surface area contributed by atoms with E-state index in [1.165, 1.54) is 20.8 Å². The molecular weight excluding hydrogens is 588 g/mol. The number of carbonyl (C=O) groups is 3. The number of alkyl carbamates (subject to hydrolysis) is 1. The molecule has 1 N–H and O–H groups in total. The predicted molar refractivity (Wildman–Crippen MR) is 140 cm³/mol. The Kier molecular flexibility index (Phi) is 11.0. The van der Waals surface area contributed by atoms with Crippen molar-refractivity contribution < 1.29 is 33.0 Å². The van der Waals surface area contributed by atoms with Crippen LogP contribution in [0.4, 0.5) is 18.8 Å². The quantitative estimate of drug-likeness (QED) is 0.162. The fraction of sp³-hybridized carbons (Fsp3) is 0.565. The highest BCUT2D eigenvalue weighted by Crippen LogP contribution is 2.19. The molecule has 1 aromatic carbocycles. The lowest BCUT2D eigenvalue weighted by Crippen LogP contribution is -2.57. The van der Waals surface area contributed by atoms with Gasteiger partial charge >= 0.3 is 24.2 Å². The highest BCUT2D eigenvalue weighted by Gasteiger charge is 2.30. The number of amides is 4. The van der Waals surface area contributed by atoms with E-state index in [2.05, 4.69) is 32.9 Å². The van der Waals surface area contributed by atoms with Crippen molar-refractivity contribution in [2.24, 2.45) is 4.99 Å². The molecule has 0 radical (unpaired) electrons. The monoisotopic (exact) mass is 621 g/mol. The van der Waals surface area contributed by atoms with Gasteiger partial charge in [-0.05, 0) is 51.3 Å². The molecule has 1 aliphatic rings. The second kappa shape index (κ2) is 13.5. The molecule has 0 saturated carbocycles. The van der Waals surface area contributed by atoms with Crippen molar-refractivity contribution in [2.75, 3.05) is 45.0 Å². The summed E-state index contributed by atoms with van der Waals surface area (Å²) in [6, 6.07) is 4.10. The summed E-state index contributed by atoms with van der Waals surface area (Å²) < 4.78 is 31.1. The largest absolute Gasteiger partial charge is 0.490 e. The second-order valence-corrected chi connectivity index (χ2v) is 10.2. The Balaban J connectivity index is 2.00. The number of benzene rings is 1. The number of carbonyl (C=O) groups excluding carboxylic acids is 3. The second-order valence-electron chi connectivity index (χ2n) is 9.10. The van der Waals surface area contributed by atoms with Crippen LogP contribution >= 0.6 is 22.6 Å². The molecule has 200 valence electrons. The lowest BCUT2D eigenvalue weighted by atomic mass is 10.1. The van der Waals surface area contributed by atoms with Crippen LogP contribution in [0.5, 0.6) is 5.75 Å². The topological polar surface area (TPSA) is 113 Å². The Morgan fingerprint density at radius 1 is 1.19 bits per heavy atom. The summed E-state index contributed by atoms with van der Waals surface area (Å²) in [5.74, 6) is -0.280. The first-order chi connectivity index (χ1) is 16.9. The smallest absolute Gasteiger partial charge is 0.438 e. The SMILES string of the molecule is CN1CN(/C(=N\C(=O)OC(C)(C)C)OC(=O)NCCc2ccc(OCCCI)c(F)c2)CN(C)C1=O. The fourth-order valence-electron chi connectivity index (χ4n) is 3.09. The molecule has 0 aromatic heterocycles. The van der Waals surface area contributed by atoms with Gasteiger partial charge in [0.05, 0.1) is 6.61 Å². The van der Waals surface area contributed by atoms with Gasteiger partial charge in [0.15, 0.2) is 11.6 Å². The maximum absolute atomic E-state index is 14.2. The third-order valence-electron chi connectivity index (χ3n) is 4.67. The number of ether oxygens (including phenoxy) is 3. The number of rotatable bonds is 7. The zero-order chi connectivity index (χ0) is 26.9. The van der Waals surface area contributed by atoms with Crippen molar-refractivity contribution in [3.8, 4) is 5.75 Å². The van der Waals surface area contributed by atoms with Gasteiger partial charge < -0.3 is 29.3 Å². The maximum atomic E-state index is 14.2. The van der Waals surface area contributed by atoms with Crippen molar-refractivity contribution in [3.63, 3.8) is 0 Å². The fourth-order valence-corrected chi connectivity index (χ4v) is 3.40. The van der Waals surface area contributed by atoms with Crippen LogP contribution in [0.2, 0.25) is 0 Å². The summed E-state index contributed by atoms with van der Waals surface area (Å²) in [6.45, 7) is 5.72. The molecular formula is C23H33FIN5O6. The first-order valence-electron chi connectivity index (χ1n) is 11.4. The van der Waals surface area contributed by atoms with Gasteiger partial charge in [0.2, 0.25) is 0 Å². The Bertz CT molecular complexity index is 957. The molecule has 0 atom stereocenters. The van der Waals surface area contributed by atoms with Crippen molar-refractivity contribution >= 4 is 46.8 Å². The summed E-state index contributed by atoms with van der Waals surface area (Å²) in [4.78, 5) is 44.8. The molecule has 1 saturated heterocycles. The van der Waals surface area contributed by atoms with E-state index in [9.17, 15) is 18.8 Å². The van der Waals surface area contributed by atoms with Crippen molar-refractivity contribution in [1.29, 1.82) is 0 Å². The third kappa shape index (κ3) is 9.66. The molecule has 4 amide bonds. The molecule has 0 aliphatic carbocycles. The summed E-state index contributed by atoms with van der Waals surface area (Å²) in [7, 11) is 3.13. The number of halogens is 2. The zero-order valence-electron chi connectivity index (χ0n) is 21.2. The molecule has 0 bridgehead atoms. The van der Waals surface area contributed by atoms with Crippen LogP contribution in [-0.2, 0) is 15.9 Å². The minimum atomic E-state index is -0.941. The molecule has 0 spiro atoms. The van der Waals surface area contributed by atoms with E-state index in [4.69, 9.17) is 14.2 Å². The van der Waals surface area contributed by atoms with Gasteiger partial charge in [-0.3, -0.25) is 4.90 Å². The van der Waals surface area contributed by atoms with Crippen molar-refractivity contribution in [1.82, 2.24) is 20.0 Å². The van der Waals surface area contributed by atoms with E-state index in [1.807, 2.05) is 0 Å². The van der Waals surface area contributed by atoms with E-state index in [0.717, 1.165) is 10.8 Å². The van der Waals surface area contributed by atoms with E-state index in [-0.39, 0.29) is 37.7 Å². The number of aliphatic imine (C=N–C) groups is 1. The standard InChI is InChI=1S/C23H33FIN5O6/c1-23(2,3)36-21(32)27-19(30-14-28(4)22(33)29(5)15-30)35-20(31)26-11-9-16-7-8-18(17(24)13-16)34-12-6-10-25/h7-8,13H,6,9-12,14-15H2,1-5H3,(H,26,31)/b27-19+. The molecule has 0 unspecified atom stereocenters. The summed E-state index contributed by atoms with van der Waals surface area (Å²) in [5.41, 5.74) is -0.139. The first-order valence-corrected chi connectivity index (χ1v) is 12.9. The molecule has 1 heterocycles. The highest BCUT2D eigenvalue weighted by molar-refractivity contribution is 14.1. The van der Waals surface area contributed by atoms with Gasteiger partial charge in [-0.15, -0.1) is 4.99 Å². The number of amidine groups is 1. The average Bonchev–Trinajstić information content (AvgIpc) is 2.77. The molecule has 1 aliphatic heterocycles. The van der Waals surface area contributed by atoms with Gasteiger partial charge in [0.1, 0.15) is 18.9 Å². The molecule has 2 rings (SSSR count). The Hall–Kier alpha value is -2.84. The van der Waals surface area contributed by atoms with Gasteiger partial charge in [-0.1, -0.05) is 28.7 Å². The van der Waals surface area contributed by atoms with Gasteiger partial charge in [0.25, 0.3) is 0 Å². The third-order valence-corrected chi connectivity index (χ3v) is 5.43. The van der Waals surface area contributed by atoms with E-state index in [0.29, 0.717) is 18.6 Å². The number of hydrogen-bond acceptors (Lipinski definition) is 6. The Morgan fingerprint density at radius 2 is 1.86 bits per heavy atom. The minimum absolute atomic E-state index is 0.0453. The molecule has 1 fully saturated rings. The van der Waals surface area contributed by atoms with Gasteiger partial charge in [-0.2, -0.15) is 0 Å². The van der Waals surface area contributed by atoms with Gasteiger partial charge in [0, 0.05) is 25.1 Å². The van der Waals surface area contributed by atoms with Crippen LogP contribution in [0, 0.1) is 5.82 Å². The molecule has 1 aromatic rings. The normalized spacial score (nSPS) is 14.6. The molecule has 36 heavy (non-hydrogen) atoms. The Labute approximate surface area is 224 Å². The summed E-state index contributed by atoms with van der Waals surface area (Å²) >= 11 is 2.23. The van der Waals surface area contributed by atoms with Crippen LogP contribution in [0.15, 0.2) is 23.2 Å². The van der Waals surface area contributed by atoms with Gasteiger partial charge in [-0.25, -0.2) is 18.8 Å². The van der Waals surface area contributed by atoms with Crippen molar-refractivity contribution in [2.45, 2.75) is 39.2 Å². The number of hydrogen-bond donors (Lipinski definition) is 1. The number of alkyl halides is 1. The number of nitrogens with zero attached hydrogens (tertiary/aromatic N) is 4. The first kappa shape index (κ1) is 29.4. The molecule has 13 heteroatoms. The van der Waals surface area contributed by atoms with Crippen LogP contribution in [0.3, 0.4) is 0 Å². The average molecular weight is 621 g/mol. The van der Waals surface area contributed by atoms with Crippen LogP contribution in [0.25, 0.3) is 0 Å². The summed E-state index contributed by atoms with van der Waals surface area (Å²) in [6.07, 6.45) is -0.641. The van der Waals surface area contributed by atoms with Crippen LogP contribution < -0.4 is 10.1 Å². The Morgan fingerprint density at radius 3 is 2.44 bits per heavy atom. The van der Waals surface area contributed by atoms with E-state index < -0.39 is 23.6 Å². The maximum Gasteiger partial charge on any atom is 0.438 e. The lowest BCUT2D eigenvalue weighted by Gasteiger charge is -2.39. The number of nitrogens with one attached hydrogen (secondary N) is 1.